The van der Waals surface area contributed by atoms with E-state index < -0.39 is 0 Å². The molecule has 0 saturated carbocycles. The monoisotopic (exact) mass is 378 g/mol. The second-order valence-corrected chi connectivity index (χ2v) is 6.91. The Balaban J connectivity index is 1.72. The Bertz CT molecular complexity index is 1000. The summed E-state index contributed by atoms with van der Waals surface area (Å²) >= 11 is 0. The van der Waals surface area contributed by atoms with Gasteiger partial charge < -0.3 is 10.3 Å². The number of nitrogens with one attached hydrogen (secondary N) is 2. The Hall–Kier alpha value is -2.99. The molecule has 0 bridgehead atoms. The lowest BCUT2D eigenvalue weighted by Crippen LogP contribution is -2.45. The first-order chi connectivity index (χ1) is 13.5. The first-order valence-electron chi connectivity index (χ1n) is 9.57. The summed E-state index contributed by atoms with van der Waals surface area (Å²) in [6.07, 6.45) is 0. The number of likely N-dealkylation sites (N-methyl/N-ethyl adjacent to an activating group) is 1. The van der Waals surface area contributed by atoms with Crippen LogP contribution >= 0.6 is 0 Å². The summed E-state index contributed by atoms with van der Waals surface area (Å²) in [6, 6.07) is 16.7. The maximum atomic E-state index is 12.8. The molecule has 1 heterocycles. The van der Waals surface area contributed by atoms with E-state index in [0.717, 1.165) is 5.56 Å². The van der Waals surface area contributed by atoms with Crippen molar-refractivity contribution in [3.63, 3.8) is 0 Å². The number of aromatic nitrogens is 2. The molecule has 1 aromatic heterocycles. The van der Waals surface area contributed by atoms with Gasteiger partial charge in [-0.05, 0) is 38.1 Å². The number of amides is 1. The highest BCUT2D eigenvalue weighted by atomic mass is 16.2. The Kier molecular flexibility index (Phi) is 6.21. The van der Waals surface area contributed by atoms with Gasteiger partial charge in [0.25, 0.3) is 5.56 Å². The number of H-pyrrole nitrogens is 1. The quantitative estimate of drug-likeness (QED) is 0.662. The third-order valence-corrected chi connectivity index (χ3v) is 5.01. The summed E-state index contributed by atoms with van der Waals surface area (Å²) in [6.45, 7) is 6.88. The molecule has 2 aromatic carbocycles. The second-order valence-electron chi connectivity index (χ2n) is 6.91. The van der Waals surface area contributed by atoms with Crippen molar-refractivity contribution in [3.8, 4) is 0 Å². The van der Waals surface area contributed by atoms with Crippen molar-refractivity contribution in [2.24, 2.45) is 0 Å². The predicted molar refractivity (Wildman–Crippen MR) is 111 cm³/mol. The molecular weight excluding hydrogens is 352 g/mol. The van der Waals surface area contributed by atoms with Crippen molar-refractivity contribution in [1.82, 2.24) is 20.2 Å². The third kappa shape index (κ3) is 4.46. The molecule has 0 aliphatic heterocycles. The van der Waals surface area contributed by atoms with Gasteiger partial charge in [-0.1, -0.05) is 49.4 Å². The van der Waals surface area contributed by atoms with E-state index in [1.165, 1.54) is 0 Å². The molecular formula is C22H26N4O2. The Morgan fingerprint density at radius 3 is 2.50 bits per heavy atom. The molecule has 6 nitrogen and oxygen atoms in total. The minimum absolute atomic E-state index is 0.0543. The number of para-hydroxylation sites is 1. The van der Waals surface area contributed by atoms with Gasteiger partial charge in [0, 0.05) is 0 Å². The van der Waals surface area contributed by atoms with E-state index in [9.17, 15) is 9.59 Å². The van der Waals surface area contributed by atoms with Crippen LogP contribution in [0.25, 0.3) is 10.9 Å². The lowest BCUT2D eigenvalue weighted by molar-refractivity contribution is -0.126. The molecule has 0 radical (unpaired) electrons. The van der Waals surface area contributed by atoms with Crippen molar-refractivity contribution in [2.75, 3.05) is 6.54 Å². The highest BCUT2D eigenvalue weighted by molar-refractivity contribution is 5.81. The van der Waals surface area contributed by atoms with Gasteiger partial charge >= 0.3 is 0 Å². The summed E-state index contributed by atoms with van der Waals surface area (Å²) < 4.78 is 0. The van der Waals surface area contributed by atoms with E-state index in [0.29, 0.717) is 29.8 Å². The molecule has 3 rings (SSSR count). The van der Waals surface area contributed by atoms with Crippen LogP contribution < -0.4 is 10.9 Å². The zero-order chi connectivity index (χ0) is 20.1. The van der Waals surface area contributed by atoms with Crippen LogP contribution in [0.5, 0.6) is 0 Å². The molecule has 1 amide bonds. The largest absolute Gasteiger partial charge is 0.348 e. The zero-order valence-corrected chi connectivity index (χ0v) is 16.5. The van der Waals surface area contributed by atoms with E-state index in [4.69, 9.17) is 0 Å². The molecule has 3 aromatic rings. The van der Waals surface area contributed by atoms with Crippen LogP contribution in [0.4, 0.5) is 0 Å². The van der Waals surface area contributed by atoms with Gasteiger partial charge in [-0.25, -0.2) is 4.98 Å². The molecule has 146 valence electrons. The number of aromatic amines is 1. The average Bonchev–Trinajstić information content (AvgIpc) is 2.72. The predicted octanol–water partition coefficient (Wildman–Crippen LogP) is 3.01. The molecule has 0 saturated heterocycles. The molecule has 2 unspecified atom stereocenters. The number of hydrogen-bond donors (Lipinski definition) is 2. The van der Waals surface area contributed by atoms with Crippen LogP contribution in [0.3, 0.4) is 0 Å². The first kappa shape index (κ1) is 19.8. The van der Waals surface area contributed by atoms with Crippen molar-refractivity contribution in [2.45, 2.75) is 39.4 Å². The molecule has 0 fully saturated rings. The summed E-state index contributed by atoms with van der Waals surface area (Å²) in [5.74, 6) is 0.502. The van der Waals surface area contributed by atoms with Gasteiger partial charge in [-0.2, -0.15) is 0 Å². The number of benzene rings is 2. The van der Waals surface area contributed by atoms with E-state index in [-0.39, 0.29) is 23.6 Å². The van der Waals surface area contributed by atoms with Crippen LogP contribution in [-0.2, 0) is 11.3 Å². The number of fused-ring (bicyclic) bond motifs is 1. The Morgan fingerprint density at radius 1 is 1.11 bits per heavy atom. The molecule has 2 N–H and O–H groups in total. The van der Waals surface area contributed by atoms with Crippen LogP contribution in [0.1, 0.15) is 38.2 Å². The number of rotatable bonds is 7. The van der Waals surface area contributed by atoms with Crippen LogP contribution in [0.2, 0.25) is 0 Å². The van der Waals surface area contributed by atoms with Gasteiger partial charge in [0.05, 0.1) is 29.5 Å². The van der Waals surface area contributed by atoms with E-state index in [2.05, 4.69) is 15.3 Å². The lowest BCUT2D eigenvalue weighted by atomic mass is 10.1. The Labute approximate surface area is 164 Å². The van der Waals surface area contributed by atoms with Crippen molar-refractivity contribution in [1.29, 1.82) is 0 Å². The maximum absolute atomic E-state index is 12.8. The number of hydrogen-bond acceptors (Lipinski definition) is 4. The van der Waals surface area contributed by atoms with E-state index >= 15 is 0 Å². The fourth-order valence-electron chi connectivity index (χ4n) is 3.25. The molecule has 28 heavy (non-hydrogen) atoms. The van der Waals surface area contributed by atoms with E-state index in [1.54, 1.807) is 6.07 Å². The Morgan fingerprint density at radius 2 is 1.79 bits per heavy atom. The van der Waals surface area contributed by atoms with Crippen LogP contribution in [-0.4, -0.2) is 33.4 Å². The van der Waals surface area contributed by atoms with Gasteiger partial charge in [0.2, 0.25) is 5.91 Å². The second kappa shape index (κ2) is 8.80. The molecule has 0 aliphatic rings. The number of nitrogens with zero attached hydrogens (tertiary/aromatic N) is 2. The minimum atomic E-state index is -0.354. The van der Waals surface area contributed by atoms with E-state index in [1.807, 2.05) is 74.2 Å². The highest BCUT2D eigenvalue weighted by Crippen LogP contribution is 2.13. The standard InChI is InChI=1S/C22H26N4O2/c1-4-26(14-20-24-19-13-9-8-12-18(19)22(28)25-20)16(3)21(27)23-15(2)17-10-6-5-7-11-17/h5-13,15-16H,4,14H2,1-3H3,(H,23,27)(H,24,25,28). The molecule has 0 spiro atoms. The summed E-state index contributed by atoms with van der Waals surface area (Å²) in [4.78, 5) is 34.4. The van der Waals surface area contributed by atoms with Crippen LogP contribution in [0, 0.1) is 0 Å². The number of carbonyl (C=O) groups is 1. The fourth-order valence-corrected chi connectivity index (χ4v) is 3.25. The zero-order valence-electron chi connectivity index (χ0n) is 16.5. The smallest absolute Gasteiger partial charge is 0.258 e. The van der Waals surface area contributed by atoms with Crippen molar-refractivity contribution < 1.29 is 4.79 Å². The molecule has 0 aliphatic carbocycles. The van der Waals surface area contributed by atoms with Gasteiger partial charge in [-0.3, -0.25) is 14.5 Å². The summed E-state index contributed by atoms with van der Waals surface area (Å²) in [5, 5.41) is 3.63. The molecule has 2 atom stereocenters. The van der Waals surface area contributed by atoms with Gasteiger partial charge in [-0.15, -0.1) is 0 Å². The van der Waals surface area contributed by atoms with Gasteiger partial charge in [0.15, 0.2) is 0 Å². The summed E-state index contributed by atoms with van der Waals surface area (Å²) in [7, 11) is 0. The topological polar surface area (TPSA) is 78.1 Å². The average molecular weight is 378 g/mol. The lowest BCUT2D eigenvalue weighted by Gasteiger charge is -2.27. The highest BCUT2D eigenvalue weighted by Gasteiger charge is 2.22. The first-order valence-corrected chi connectivity index (χ1v) is 9.57. The fraction of sp³-hybridized carbons (Fsp3) is 0.318. The normalized spacial score (nSPS) is 13.4. The molecule has 6 heteroatoms. The van der Waals surface area contributed by atoms with Crippen molar-refractivity contribution in [3.05, 3.63) is 76.3 Å². The van der Waals surface area contributed by atoms with Gasteiger partial charge in [0.1, 0.15) is 5.82 Å². The summed E-state index contributed by atoms with van der Waals surface area (Å²) in [5.41, 5.74) is 1.56. The third-order valence-electron chi connectivity index (χ3n) is 5.01. The maximum Gasteiger partial charge on any atom is 0.258 e. The van der Waals surface area contributed by atoms with Crippen molar-refractivity contribution >= 4 is 16.8 Å². The van der Waals surface area contributed by atoms with Crippen LogP contribution in [0.15, 0.2) is 59.4 Å². The minimum Gasteiger partial charge on any atom is -0.348 e. The number of carbonyl (C=O) groups excluding carboxylic acids is 1. The SMILES string of the molecule is CCN(Cc1nc2ccccc2c(=O)[nH]1)C(C)C(=O)NC(C)c1ccccc1.